The average Bonchev–Trinajstić information content (AvgIpc) is 2.68. The van der Waals surface area contributed by atoms with Crippen LogP contribution in [0.4, 0.5) is 0 Å². The van der Waals surface area contributed by atoms with Crippen molar-refractivity contribution in [3.05, 3.63) is 15.6 Å². The van der Waals surface area contributed by atoms with Crippen molar-refractivity contribution in [3.63, 3.8) is 0 Å². The molecule has 2 heterocycles. The molecular weight excluding hydrogens is 242 g/mol. The van der Waals surface area contributed by atoms with E-state index in [9.17, 15) is 0 Å². The number of rotatable bonds is 5. The van der Waals surface area contributed by atoms with E-state index in [4.69, 9.17) is 0 Å². The van der Waals surface area contributed by atoms with Crippen LogP contribution in [0, 0.1) is 13.8 Å². The maximum absolute atomic E-state index is 4.52. The number of piperidine rings is 1. The van der Waals surface area contributed by atoms with Crippen molar-refractivity contribution in [1.29, 1.82) is 0 Å². The van der Waals surface area contributed by atoms with Gasteiger partial charge in [-0.05, 0) is 39.8 Å². The van der Waals surface area contributed by atoms with Crippen LogP contribution in [0.15, 0.2) is 0 Å². The minimum Gasteiger partial charge on any atom is -0.313 e. The first-order valence-corrected chi connectivity index (χ1v) is 7.89. The molecule has 0 spiro atoms. The van der Waals surface area contributed by atoms with Gasteiger partial charge in [0.05, 0.1) is 10.7 Å². The van der Waals surface area contributed by atoms with E-state index in [0.29, 0.717) is 6.04 Å². The molecule has 0 bridgehead atoms. The molecule has 1 aliphatic rings. The fraction of sp³-hybridized carbons (Fsp3) is 0.786. The lowest BCUT2D eigenvalue weighted by Gasteiger charge is -2.29. The zero-order chi connectivity index (χ0) is 13.0. The number of thiazole rings is 1. The highest BCUT2D eigenvalue weighted by Gasteiger charge is 2.17. The number of hydrogen-bond donors (Lipinski definition) is 1. The summed E-state index contributed by atoms with van der Waals surface area (Å²) in [7, 11) is 0. The summed E-state index contributed by atoms with van der Waals surface area (Å²) in [6.07, 6.45) is 4.06. The third kappa shape index (κ3) is 3.77. The highest BCUT2D eigenvalue weighted by Crippen LogP contribution is 2.19. The maximum Gasteiger partial charge on any atom is 0.0900 e. The van der Waals surface area contributed by atoms with Crippen LogP contribution in [0.2, 0.25) is 0 Å². The molecule has 3 nitrogen and oxygen atoms in total. The van der Waals surface area contributed by atoms with Gasteiger partial charge in [0.25, 0.3) is 0 Å². The van der Waals surface area contributed by atoms with Gasteiger partial charge in [-0.2, -0.15) is 0 Å². The third-order valence-corrected chi connectivity index (χ3v) is 4.76. The first-order chi connectivity index (χ1) is 8.69. The number of nitrogens with zero attached hydrogens (tertiary/aromatic N) is 2. The Labute approximate surface area is 115 Å². The number of aryl methyl sites for hydroxylation is 2. The van der Waals surface area contributed by atoms with E-state index in [1.165, 1.54) is 47.9 Å². The standard InChI is InChI=1S/C14H25N3S/c1-4-17(9-13-7-5-6-8-15-13)10-14-11(2)16-12(3)18-14/h13,15H,4-10H2,1-3H3. The molecule has 1 aliphatic heterocycles. The molecule has 0 radical (unpaired) electrons. The lowest BCUT2D eigenvalue weighted by Crippen LogP contribution is -2.43. The zero-order valence-corrected chi connectivity index (χ0v) is 12.6. The van der Waals surface area contributed by atoms with Crippen LogP contribution in [-0.2, 0) is 6.54 Å². The summed E-state index contributed by atoms with van der Waals surface area (Å²) in [4.78, 5) is 8.50. The fourth-order valence-corrected chi connectivity index (χ4v) is 3.60. The summed E-state index contributed by atoms with van der Waals surface area (Å²) in [5.41, 5.74) is 1.22. The molecule has 102 valence electrons. The van der Waals surface area contributed by atoms with Gasteiger partial charge >= 0.3 is 0 Å². The Morgan fingerprint density at radius 2 is 2.22 bits per heavy atom. The van der Waals surface area contributed by atoms with Crippen molar-refractivity contribution in [2.75, 3.05) is 19.6 Å². The van der Waals surface area contributed by atoms with Gasteiger partial charge in [0.15, 0.2) is 0 Å². The summed E-state index contributed by atoms with van der Waals surface area (Å²) in [6.45, 7) is 11.0. The zero-order valence-electron chi connectivity index (χ0n) is 11.8. The molecule has 18 heavy (non-hydrogen) atoms. The van der Waals surface area contributed by atoms with Gasteiger partial charge in [-0.25, -0.2) is 4.98 Å². The molecule has 1 unspecified atom stereocenters. The quantitative estimate of drug-likeness (QED) is 0.889. The van der Waals surface area contributed by atoms with Gasteiger partial charge in [0.1, 0.15) is 0 Å². The van der Waals surface area contributed by atoms with Crippen LogP contribution in [0.1, 0.15) is 41.8 Å². The van der Waals surface area contributed by atoms with Crippen molar-refractivity contribution >= 4 is 11.3 Å². The molecule has 0 aromatic carbocycles. The Bertz CT molecular complexity index is 369. The smallest absolute Gasteiger partial charge is 0.0900 e. The Balaban J connectivity index is 1.90. The van der Waals surface area contributed by atoms with Crippen LogP contribution >= 0.6 is 11.3 Å². The summed E-state index contributed by atoms with van der Waals surface area (Å²) >= 11 is 1.85. The molecule has 0 saturated carbocycles. The minimum atomic E-state index is 0.688. The third-order valence-electron chi connectivity index (χ3n) is 3.70. The number of hydrogen-bond acceptors (Lipinski definition) is 4. The molecule has 1 saturated heterocycles. The van der Waals surface area contributed by atoms with E-state index in [2.05, 4.69) is 36.0 Å². The second kappa shape index (κ2) is 6.64. The first kappa shape index (κ1) is 14.0. The number of likely N-dealkylation sites (N-methyl/N-ethyl adjacent to an activating group) is 1. The molecule has 0 amide bonds. The van der Waals surface area contributed by atoms with Gasteiger partial charge < -0.3 is 5.32 Å². The van der Waals surface area contributed by atoms with Gasteiger partial charge in [-0.1, -0.05) is 13.3 Å². The minimum absolute atomic E-state index is 0.688. The summed E-state index contributed by atoms with van der Waals surface area (Å²) in [6, 6.07) is 0.688. The van der Waals surface area contributed by atoms with Gasteiger partial charge in [0, 0.05) is 24.0 Å². The Hall–Kier alpha value is -0.450. The summed E-state index contributed by atoms with van der Waals surface area (Å²) in [5.74, 6) is 0. The largest absolute Gasteiger partial charge is 0.313 e. The highest BCUT2D eigenvalue weighted by molar-refractivity contribution is 7.11. The van der Waals surface area contributed by atoms with E-state index < -0.39 is 0 Å². The lowest BCUT2D eigenvalue weighted by molar-refractivity contribution is 0.227. The number of aromatic nitrogens is 1. The molecule has 1 fully saturated rings. The van der Waals surface area contributed by atoms with Crippen LogP contribution in [0.5, 0.6) is 0 Å². The monoisotopic (exact) mass is 267 g/mol. The van der Waals surface area contributed by atoms with E-state index in [-0.39, 0.29) is 0 Å². The topological polar surface area (TPSA) is 28.2 Å². The fourth-order valence-electron chi connectivity index (χ4n) is 2.62. The molecular formula is C14H25N3S. The van der Waals surface area contributed by atoms with Crippen molar-refractivity contribution in [2.45, 2.75) is 52.6 Å². The SMILES string of the molecule is CCN(Cc1sc(C)nc1C)CC1CCCCN1. The predicted molar refractivity (Wildman–Crippen MR) is 78.2 cm³/mol. The van der Waals surface area contributed by atoms with Gasteiger partial charge in [-0.15, -0.1) is 11.3 Å². The Morgan fingerprint density at radius 1 is 1.39 bits per heavy atom. The predicted octanol–water partition coefficient (Wildman–Crippen LogP) is 2.72. The molecule has 2 rings (SSSR count). The van der Waals surface area contributed by atoms with Crippen LogP contribution in [-0.4, -0.2) is 35.6 Å². The summed E-state index contributed by atoms with van der Waals surface area (Å²) in [5, 5.41) is 4.82. The van der Waals surface area contributed by atoms with E-state index in [1.54, 1.807) is 0 Å². The molecule has 0 aliphatic carbocycles. The van der Waals surface area contributed by atoms with Crippen LogP contribution in [0.25, 0.3) is 0 Å². The second-order valence-electron chi connectivity index (χ2n) is 5.22. The van der Waals surface area contributed by atoms with Gasteiger partial charge in [0.2, 0.25) is 0 Å². The van der Waals surface area contributed by atoms with Crippen molar-refractivity contribution in [2.24, 2.45) is 0 Å². The van der Waals surface area contributed by atoms with Crippen molar-refractivity contribution < 1.29 is 0 Å². The van der Waals surface area contributed by atoms with Gasteiger partial charge in [-0.3, -0.25) is 4.90 Å². The maximum atomic E-state index is 4.52. The van der Waals surface area contributed by atoms with Crippen molar-refractivity contribution in [1.82, 2.24) is 15.2 Å². The highest BCUT2D eigenvalue weighted by atomic mass is 32.1. The molecule has 1 atom stereocenters. The van der Waals surface area contributed by atoms with Crippen LogP contribution in [0.3, 0.4) is 0 Å². The lowest BCUT2D eigenvalue weighted by atomic mass is 10.0. The van der Waals surface area contributed by atoms with E-state index >= 15 is 0 Å². The molecule has 4 heteroatoms. The van der Waals surface area contributed by atoms with Crippen LogP contribution < -0.4 is 5.32 Å². The van der Waals surface area contributed by atoms with E-state index in [0.717, 1.165) is 13.1 Å². The molecule has 1 aromatic heterocycles. The van der Waals surface area contributed by atoms with Crippen molar-refractivity contribution in [3.8, 4) is 0 Å². The summed E-state index contributed by atoms with van der Waals surface area (Å²) < 4.78 is 0. The van der Waals surface area contributed by atoms with E-state index in [1.807, 2.05) is 11.3 Å². The number of nitrogens with one attached hydrogen (secondary N) is 1. The Morgan fingerprint density at radius 3 is 2.78 bits per heavy atom. The molecule has 1 aromatic rings. The normalized spacial score (nSPS) is 20.6. The second-order valence-corrected chi connectivity index (χ2v) is 6.50. The average molecular weight is 267 g/mol. The Kier molecular flexibility index (Phi) is 5.15. The molecule has 1 N–H and O–H groups in total. The first-order valence-electron chi connectivity index (χ1n) is 7.07.